The largest absolute Gasteiger partial charge is 0.494 e. The average molecular weight is 413 g/mol. The fourth-order valence-electron chi connectivity index (χ4n) is 3.72. The van der Waals surface area contributed by atoms with E-state index in [0.717, 1.165) is 59.3 Å². The maximum atomic E-state index is 12.5. The minimum absolute atomic E-state index is 0.192. The molecule has 0 aliphatic carbocycles. The Morgan fingerprint density at radius 3 is 2.79 bits per heavy atom. The van der Waals surface area contributed by atoms with E-state index in [9.17, 15) is 4.79 Å². The zero-order valence-electron chi connectivity index (χ0n) is 16.6. The van der Waals surface area contributed by atoms with Crippen LogP contribution in [0.2, 0.25) is 5.02 Å². The molecule has 152 valence electrons. The van der Waals surface area contributed by atoms with Crippen molar-refractivity contribution in [3.63, 3.8) is 0 Å². The zero-order valence-corrected chi connectivity index (χ0v) is 17.3. The van der Waals surface area contributed by atoms with Crippen LogP contribution >= 0.6 is 11.6 Å². The van der Waals surface area contributed by atoms with Gasteiger partial charge in [0, 0.05) is 30.5 Å². The van der Waals surface area contributed by atoms with Gasteiger partial charge in [0.05, 0.1) is 6.61 Å². The Kier molecular flexibility index (Phi) is 6.05. The first-order chi connectivity index (χ1) is 14.1. The van der Waals surface area contributed by atoms with Gasteiger partial charge in [-0.3, -0.25) is 4.79 Å². The zero-order chi connectivity index (χ0) is 20.2. The van der Waals surface area contributed by atoms with Crippen LogP contribution in [0.5, 0.6) is 5.75 Å². The van der Waals surface area contributed by atoms with Crippen LogP contribution in [-0.2, 0) is 4.79 Å². The van der Waals surface area contributed by atoms with E-state index in [-0.39, 0.29) is 11.8 Å². The molecule has 2 aromatic carbocycles. The summed E-state index contributed by atoms with van der Waals surface area (Å²) in [4.78, 5) is 19.1. The lowest BCUT2D eigenvalue weighted by Crippen LogP contribution is -2.38. The number of aromatic nitrogens is 1. The number of para-hydroxylation sites is 2. The fraction of sp³-hybridized carbons (Fsp3) is 0.391. The molecule has 5 nitrogen and oxygen atoms in total. The van der Waals surface area contributed by atoms with Gasteiger partial charge in [0.2, 0.25) is 5.91 Å². The van der Waals surface area contributed by atoms with Crippen molar-refractivity contribution in [2.24, 2.45) is 0 Å². The summed E-state index contributed by atoms with van der Waals surface area (Å²) in [6, 6.07) is 13.4. The van der Waals surface area contributed by atoms with Crippen molar-refractivity contribution in [3.8, 4) is 5.75 Å². The third kappa shape index (κ3) is 4.73. The second-order valence-electron chi connectivity index (χ2n) is 7.54. The minimum Gasteiger partial charge on any atom is -0.494 e. The second-order valence-corrected chi connectivity index (χ2v) is 7.95. The highest BCUT2D eigenvalue weighted by Crippen LogP contribution is 2.30. The Hall–Kier alpha value is -2.53. The number of oxazole rings is 1. The SMILES string of the molecule is Cc1cc(OCCCC(=O)N2CCC(c3nc4ccccc4o3)CC2)ccc1Cl. The highest BCUT2D eigenvalue weighted by atomic mass is 35.5. The monoisotopic (exact) mass is 412 g/mol. The van der Waals surface area contributed by atoms with Crippen molar-refractivity contribution in [2.45, 2.75) is 38.5 Å². The molecule has 6 heteroatoms. The van der Waals surface area contributed by atoms with Crippen molar-refractivity contribution >= 4 is 28.6 Å². The van der Waals surface area contributed by atoms with Gasteiger partial charge in [-0.25, -0.2) is 4.98 Å². The molecule has 0 saturated carbocycles. The molecular weight excluding hydrogens is 388 g/mol. The molecule has 1 saturated heterocycles. The number of fused-ring (bicyclic) bond motifs is 1. The van der Waals surface area contributed by atoms with Gasteiger partial charge < -0.3 is 14.1 Å². The Balaban J connectivity index is 1.21. The maximum Gasteiger partial charge on any atom is 0.222 e. The summed E-state index contributed by atoms with van der Waals surface area (Å²) >= 11 is 6.02. The van der Waals surface area contributed by atoms with Crippen LogP contribution in [-0.4, -0.2) is 35.5 Å². The first-order valence-corrected chi connectivity index (χ1v) is 10.5. The lowest BCUT2D eigenvalue weighted by molar-refractivity contribution is -0.132. The van der Waals surface area contributed by atoms with E-state index >= 15 is 0 Å². The second kappa shape index (κ2) is 8.87. The van der Waals surface area contributed by atoms with Gasteiger partial charge in [0.1, 0.15) is 11.3 Å². The molecule has 4 rings (SSSR count). The summed E-state index contributed by atoms with van der Waals surface area (Å²) in [7, 11) is 0. The molecular formula is C23H25ClN2O3. The number of amides is 1. The van der Waals surface area contributed by atoms with E-state index in [1.54, 1.807) is 0 Å². The number of likely N-dealkylation sites (tertiary alicyclic amines) is 1. The van der Waals surface area contributed by atoms with Crippen molar-refractivity contribution in [1.82, 2.24) is 9.88 Å². The summed E-state index contributed by atoms with van der Waals surface area (Å²) in [6.07, 6.45) is 2.98. The first-order valence-electron chi connectivity index (χ1n) is 10.1. The third-order valence-corrected chi connectivity index (χ3v) is 5.86. The topological polar surface area (TPSA) is 55.6 Å². The van der Waals surface area contributed by atoms with Gasteiger partial charge >= 0.3 is 0 Å². The van der Waals surface area contributed by atoms with Gasteiger partial charge in [-0.1, -0.05) is 23.7 Å². The number of halogens is 1. The number of benzene rings is 2. The van der Waals surface area contributed by atoms with Crippen LogP contribution in [0.1, 0.15) is 43.1 Å². The van der Waals surface area contributed by atoms with Crippen LogP contribution in [0.25, 0.3) is 11.1 Å². The van der Waals surface area contributed by atoms with Crippen LogP contribution < -0.4 is 4.74 Å². The quantitative estimate of drug-likeness (QED) is 0.512. The van der Waals surface area contributed by atoms with Gasteiger partial charge in [0.15, 0.2) is 11.5 Å². The maximum absolute atomic E-state index is 12.5. The highest BCUT2D eigenvalue weighted by molar-refractivity contribution is 6.31. The van der Waals surface area contributed by atoms with Crippen molar-refractivity contribution in [1.29, 1.82) is 0 Å². The van der Waals surface area contributed by atoms with Gasteiger partial charge in [0.25, 0.3) is 0 Å². The summed E-state index contributed by atoms with van der Waals surface area (Å²) < 4.78 is 11.6. The number of rotatable bonds is 6. The van der Waals surface area contributed by atoms with E-state index in [1.807, 2.05) is 54.3 Å². The Morgan fingerprint density at radius 1 is 1.24 bits per heavy atom. The van der Waals surface area contributed by atoms with E-state index in [4.69, 9.17) is 20.8 Å². The number of carbonyl (C=O) groups excluding carboxylic acids is 1. The lowest BCUT2D eigenvalue weighted by Gasteiger charge is -2.30. The first kappa shape index (κ1) is 19.8. The summed E-state index contributed by atoms with van der Waals surface area (Å²) in [5.41, 5.74) is 2.72. The molecule has 0 atom stereocenters. The molecule has 0 bridgehead atoms. The van der Waals surface area contributed by atoms with Crippen LogP contribution in [0.4, 0.5) is 0 Å². The smallest absolute Gasteiger partial charge is 0.222 e. The number of nitrogens with zero attached hydrogens (tertiary/aromatic N) is 2. The standard InChI is InChI=1S/C23H25ClN2O3/c1-16-15-18(8-9-19(16)24)28-14-4-7-22(27)26-12-10-17(11-13-26)23-25-20-5-2-3-6-21(20)29-23/h2-3,5-6,8-9,15,17H,4,7,10-14H2,1H3. The molecule has 2 heterocycles. The number of carbonyl (C=O) groups is 1. The van der Waals surface area contributed by atoms with Crippen LogP contribution in [0.3, 0.4) is 0 Å². The number of hydrogen-bond donors (Lipinski definition) is 0. The molecule has 1 fully saturated rings. The van der Waals surface area contributed by atoms with E-state index in [0.29, 0.717) is 19.4 Å². The van der Waals surface area contributed by atoms with Crippen LogP contribution in [0, 0.1) is 6.92 Å². The number of aryl methyl sites for hydroxylation is 1. The van der Waals surface area contributed by atoms with Crippen molar-refractivity contribution in [2.75, 3.05) is 19.7 Å². The van der Waals surface area contributed by atoms with Gasteiger partial charge in [-0.05, 0) is 62.1 Å². The summed E-state index contributed by atoms with van der Waals surface area (Å²) in [6.45, 7) is 3.97. The van der Waals surface area contributed by atoms with E-state index in [1.165, 1.54) is 0 Å². The average Bonchev–Trinajstić information content (AvgIpc) is 3.18. The Bertz CT molecular complexity index is 960. The predicted molar refractivity (Wildman–Crippen MR) is 113 cm³/mol. The minimum atomic E-state index is 0.192. The molecule has 29 heavy (non-hydrogen) atoms. The fourth-order valence-corrected chi connectivity index (χ4v) is 3.84. The summed E-state index contributed by atoms with van der Waals surface area (Å²) in [5.74, 6) is 2.06. The predicted octanol–water partition coefficient (Wildman–Crippen LogP) is 5.35. The normalized spacial score (nSPS) is 15.0. The Morgan fingerprint density at radius 2 is 2.03 bits per heavy atom. The lowest BCUT2D eigenvalue weighted by atomic mass is 9.96. The molecule has 3 aromatic rings. The van der Waals surface area contributed by atoms with E-state index in [2.05, 4.69) is 4.98 Å². The highest BCUT2D eigenvalue weighted by Gasteiger charge is 2.26. The summed E-state index contributed by atoms with van der Waals surface area (Å²) in [5, 5.41) is 0.730. The van der Waals surface area contributed by atoms with Gasteiger partial charge in [-0.15, -0.1) is 0 Å². The molecule has 1 aliphatic rings. The molecule has 0 unspecified atom stereocenters. The van der Waals surface area contributed by atoms with E-state index < -0.39 is 0 Å². The van der Waals surface area contributed by atoms with Crippen LogP contribution in [0.15, 0.2) is 46.9 Å². The van der Waals surface area contributed by atoms with Crippen molar-refractivity contribution in [3.05, 3.63) is 58.9 Å². The number of hydrogen-bond acceptors (Lipinski definition) is 4. The number of ether oxygens (including phenoxy) is 1. The third-order valence-electron chi connectivity index (χ3n) is 5.44. The Labute approximate surface area is 175 Å². The molecule has 1 aliphatic heterocycles. The van der Waals surface area contributed by atoms with Crippen molar-refractivity contribution < 1.29 is 13.9 Å². The molecule has 0 N–H and O–H groups in total. The molecule has 0 spiro atoms. The molecule has 1 amide bonds. The number of piperidine rings is 1. The molecule has 0 radical (unpaired) electrons. The molecule has 1 aromatic heterocycles. The van der Waals surface area contributed by atoms with Gasteiger partial charge in [-0.2, -0.15) is 0 Å².